The van der Waals surface area contributed by atoms with E-state index in [0.717, 1.165) is 13.0 Å². The Balaban J connectivity index is 2.30. The van der Waals surface area contributed by atoms with E-state index in [4.69, 9.17) is 10.5 Å². The van der Waals surface area contributed by atoms with Gasteiger partial charge >= 0.3 is 5.97 Å². The fourth-order valence-electron chi connectivity index (χ4n) is 2.35. The van der Waals surface area contributed by atoms with Crippen LogP contribution in [0.15, 0.2) is 0 Å². The van der Waals surface area contributed by atoms with Gasteiger partial charge in [0.05, 0.1) is 12.9 Å². The zero-order valence-electron chi connectivity index (χ0n) is 13.2. The number of carbonyl (C=O) groups is 1. The van der Waals surface area contributed by atoms with Gasteiger partial charge in [0.2, 0.25) is 10.0 Å². The highest BCUT2D eigenvalue weighted by Gasteiger charge is 2.30. The van der Waals surface area contributed by atoms with Gasteiger partial charge in [0.25, 0.3) is 0 Å². The van der Waals surface area contributed by atoms with E-state index >= 15 is 0 Å². The molecule has 7 nitrogen and oxygen atoms in total. The summed E-state index contributed by atoms with van der Waals surface area (Å²) in [5, 5.41) is 0. The van der Waals surface area contributed by atoms with E-state index in [9.17, 15) is 13.2 Å². The minimum Gasteiger partial charge on any atom is -0.465 e. The fourth-order valence-corrected chi connectivity index (χ4v) is 3.18. The number of hydrogen-bond acceptors (Lipinski definition) is 6. The number of nitrogens with zero attached hydrogens (tertiary/aromatic N) is 2. The normalized spacial score (nSPS) is 21.0. The van der Waals surface area contributed by atoms with Crippen LogP contribution in [0.5, 0.6) is 0 Å². The maximum absolute atomic E-state index is 11.7. The minimum absolute atomic E-state index is 0.332. The number of ether oxygens (including phenoxy) is 1. The quantitative estimate of drug-likeness (QED) is 0.643. The van der Waals surface area contributed by atoms with Crippen LogP contribution in [0, 0.1) is 0 Å². The molecule has 0 aliphatic carbocycles. The average molecular weight is 321 g/mol. The summed E-state index contributed by atoms with van der Waals surface area (Å²) >= 11 is 0. The van der Waals surface area contributed by atoms with Crippen molar-refractivity contribution in [2.75, 3.05) is 45.6 Å². The van der Waals surface area contributed by atoms with Gasteiger partial charge in [-0.2, -0.15) is 4.31 Å². The van der Waals surface area contributed by atoms with Gasteiger partial charge in [0, 0.05) is 26.2 Å². The van der Waals surface area contributed by atoms with Gasteiger partial charge in [-0.25, -0.2) is 8.42 Å². The summed E-state index contributed by atoms with van der Waals surface area (Å²) in [6, 6.07) is 0. The van der Waals surface area contributed by atoms with E-state index < -0.39 is 15.6 Å². The summed E-state index contributed by atoms with van der Waals surface area (Å²) in [4.78, 5) is 13.9. The minimum atomic E-state index is -3.09. The van der Waals surface area contributed by atoms with Crippen LogP contribution in [0.4, 0.5) is 0 Å². The Morgan fingerprint density at radius 2 is 1.86 bits per heavy atom. The monoisotopic (exact) mass is 321 g/mol. The molecule has 0 aromatic heterocycles. The van der Waals surface area contributed by atoms with Gasteiger partial charge in [-0.15, -0.1) is 0 Å². The van der Waals surface area contributed by atoms with Crippen molar-refractivity contribution in [1.82, 2.24) is 9.21 Å². The van der Waals surface area contributed by atoms with Crippen LogP contribution in [-0.2, 0) is 19.6 Å². The van der Waals surface area contributed by atoms with Crippen molar-refractivity contribution >= 4 is 16.0 Å². The molecule has 1 saturated heterocycles. The van der Waals surface area contributed by atoms with Crippen molar-refractivity contribution in [3.05, 3.63) is 0 Å². The molecule has 0 aromatic carbocycles. The first-order valence-corrected chi connectivity index (χ1v) is 9.15. The third kappa shape index (κ3) is 5.90. The number of esters is 1. The number of sulfonamides is 1. The van der Waals surface area contributed by atoms with E-state index in [1.54, 1.807) is 13.8 Å². The first-order valence-electron chi connectivity index (χ1n) is 7.30. The molecule has 21 heavy (non-hydrogen) atoms. The lowest BCUT2D eigenvalue weighted by Crippen LogP contribution is -2.49. The highest BCUT2D eigenvalue weighted by atomic mass is 32.2. The Labute approximate surface area is 127 Å². The third-order valence-corrected chi connectivity index (χ3v) is 5.02. The van der Waals surface area contributed by atoms with E-state index in [2.05, 4.69) is 4.90 Å². The van der Waals surface area contributed by atoms with Crippen LogP contribution >= 0.6 is 0 Å². The van der Waals surface area contributed by atoms with Crippen LogP contribution in [0.25, 0.3) is 0 Å². The molecule has 1 fully saturated rings. The molecule has 0 bridgehead atoms. The van der Waals surface area contributed by atoms with E-state index in [1.165, 1.54) is 10.6 Å². The molecule has 1 aliphatic rings. The summed E-state index contributed by atoms with van der Waals surface area (Å²) in [5.74, 6) is -0.369. The molecule has 1 atom stereocenters. The largest absolute Gasteiger partial charge is 0.465 e. The average Bonchev–Trinajstić information content (AvgIpc) is 2.38. The molecular formula is C13H27N3O4S. The second-order valence-corrected chi connectivity index (χ2v) is 7.73. The molecule has 0 spiro atoms. The number of rotatable bonds is 7. The lowest BCUT2D eigenvalue weighted by Gasteiger charge is -2.33. The van der Waals surface area contributed by atoms with Crippen LogP contribution in [0.1, 0.15) is 26.7 Å². The third-order valence-electron chi connectivity index (χ3n) is 3.71. The Bertz CT molecular complexity index is 442. The molecule has 0 aromatic rings. The Kier molecular flexibility index (Phi) is 6.58. The van der Waals surface area contributed by atoms with Crippen LogP contribution in [-0.4, -0.2) is 74.7 Å². The topological polar surface area (TPSA) is 92.9 Å². The lowest BCUT2D eigenvalue weighted by atomic mass is 9.97. The molecule has 0 amide bonds. The van der Waals surface area contributed by atoms with Gasteiger partial charge < -0.3 is 15.4 Å². The molecular weight excluding hydrogens is 294 g/mol. The van der Waals surface area contributed by atoms with Gasteiger partial charge in [0.1, 0.15) is 5.54 Å². The number of carbonyl (C=O) groups excluding carboxylic acids is 1. The standard InChI is InChI=1S/C13H27N3O4S/c1-4-20-12(17)13(2,14)6-5-7-15-8-10-16(11-9-15)21(3,18)19/h4-11,14H2,1-3H3. The zero-order chi connectivity index (χ0) is 16.1. The second kappa shape index (κ2) is 7.53. The molecule has 1 unspecified atom stereocenters. The van der Waals surface area contributed by atoms with Crippen molar-refractivity contribution in [2.45, 2.75) is 32.2 Å². The van der Waals surface area contributed by atoms with Crippen molar-refractivity contribution in [2.24, 2.45) is 5.73 Å². The number of piperazine rings is 1. The Hall–Kier alpha value is -0.700. The molecule has 0 radical (unpaired) electrons. The van der Waals surface area contributed by atoms with E-state index in [-0.39, 0.29) is 5.97 Å². The lowest BCUT2D eigenvalue weighted by molar-refractivity contribution is -0.149. The highest BCUT2D eigenvalue weighted by molar-refractivity contribution is 7.88. The van der Waals surface area contributed by atoms with Gasteiger partial charge in [-0.05, 0) is 33.2 Å². The maximum Gasteiger partial charge on any atom is 0.325 e. The summed E-state index contributed by atoms with van der Waals surface area (Å²) < 4.78 is 29.3. The molecule has 2 N–H and O–H groups in total. The first kappa shape index (κ1) is 18.3. The van der Waals surface area contributed by atoms with Crippen molar-refractivity contribution in [3.8, 4) is 0 Å². The van der Waals surface area contributed by atoms with Crippen molar-refractivity contribution in [1.29, 1.82) is 0 Å². The molecule has 8 heteroatoms. The summed E-state index contributed by atoms with van der Waals surface area (Å²) in [6.45, 7) is 7.07. The van der Waals surface area contributed by atoms with E-state index in [0.29, 0.717) is 39.2 Å². The SMILES string of the molecule is CCOC(=O)C(C)(N)CCCN1CCN(S(C)(=O)=O)CC1. The molecule has 1 rings (SSSR count). The fraction of sp³-hybridized carbons (Fsp3) is 0.923. The predicted octanol–water partition coefficient (Wildman–Crippen LogP) is -0.376. The number of nitrogens with two attached hydrogens (primary N) is 1. The first-order chi connectivity index (χ1) is 9.66. The Morgan fingerprint density at radius 3 is 2.33 bits per heavy atom. The van der Waals surface area contributed by atoms with Crippen LogP contribution in [0.3, 0.4) is 0 Å². The van der Waals surface area contributed by atoms with Gasteiger partial charge in [-0.1, -0.05) is 0 Å². The predicted molar refractivity (Wildman–Crippen MR) is 81.3 cm³/mol. The summed E-state index contributed by atoms with van der Waals surface area (Å²) in [7, 11) is -3.09. The molecule has 1 aliphatic heterocycles. The highest BCUT2D eigenvalue weighted by Crippen LogP contribution is 2.13. The Morgan fingerprint density at radius 1 is 1.29 bits per heavy atom. The van der Waals surface area contributed by atoms with Gasteiger partial charge in [-0.3, -0.25) is 4.79 Å². The smallest absolute Gasteiger partial charge is 0.325 e. The molecule has 1 heterocycles. The summed E-state index contributed by atoms with van der Waals surface area (Å²) in [5.41, 5.74) is 5.01. The maximum atomic E-state index is 11.7. The molecule has 124 valence electrons. The summed E-state index contributed by atoms with van der Waals surface area (Å²) in [6.07, 6.45) is 2.57. The van der Waals surface area contributed by atoms with Gasteiger partial charge in [0.15, 0.2) is 0 Å². The van der Waals surface area contributed by atoms with Crippen molar-refractivity contribution in [3.63, 3.8) is 0 Å². The van der Waals surface area contributed by atoms with Crippen LogP contribution < -0.4 is 5.73 Å². The van der Waals surface area contributed by atoms with E-state index in [1.807, 2.05) is 0 Å². The second-order valence-electron chi connectivity index (χ2n) is 5.75. The zero-order valence-corrected chi connectivity index (χ0v) is 14.0. The number of hydrogen-bond donors (Lipinski definition) is 1. The molecule has 0 saturated carbocycles. The van der Waals surface area contributed by atoms with Crippen LogP contribution in [0.2, 0.25) is 0 Å². The van der Waals surface area contributed by atoms with Crippen molar-refractivity contribution < 1.29 is 17.9 Å².